The number of halogens is 1. The zero-order chi connectivity index (χ0) is 26.6. The highest BCUT2D eigenvalue weighted by Crippen LogP contribution is 2.31. The maximum Gasteiger partial charge on any atom is 0.326 e. The number of carbonyl (C=O) groups is 1. The average molecular weight is 514 g/mol. The molecule has 0 aliphatic rings. The van der Waals surface area contributed by atoms with Gasteiger partial charge in [0.1, 0.15) is 35.0 Å². The zero-order valence-electron chi connectivity index (χ0n) is 21.2. The Morgan fingerprint density at radius 1 is 1.08 bits per heavy atom. The molecule has 0 unspecified atom stereocenters. The van der Waals surface area contributed by atoms with Crippen LogP contribution in [0.15, 0.2) is 82.1 Å². The molecule has 0 spiro atoms. The van der Waals surface area contributed by atoms with E-state index in [2.05, 4.69) is 10.3 Å². The Kier molecular flexibility index (Phi) is 7.22. The lowest BCUT2D eigenvalue weighted by molar-refractivity contribution is -0.144. The number of esters is 1. The van der Waals surface area contributed by atoms with Crippen LogP contribution in [-0.2, 0) is 16.1 Å². The standard InChI is InChI=1S/C30H28FN3O4/c1-3-4-15-37-28(35)18-34-29(23-10-5-7-11-24(23)31)32-17-25(30(34)36)33-19(2)20-13-14-22-21-9-6-8-12-26(21)38-27(22)16-20/h5-14,16-17,19,33H,3-4,15,18H2,1-2H3/t19-/m1/s1. The summed E-state index contributed by atoms with van der Waals surface area (Å²) < 4.78 is 27.0. The normalized spacial score (nSPS) is 12.1. The summed E-state index contributed by atoms with van der Waals surface area (Å²) >= 11 is 0. The first-order valence-corrected chi connectivity index (χ1v) is 12.6. The summed E-state index contributed by atoms with van der Waals surface area (Å²) in [4.78, 5) is 30.5. The fraction of sp³-hybridized carbons (Fsp3) is 0.233. The summed E-state index contributed by atoms with van der Waals surface area (Å²) in [6, 6.07) is 19.5. The van der Waals surface area contributed by atoms with Crippen molar-refractivity contribution >= 4 is 33.6 Å². The molecular weight excluding hydrogens is 485 g/mol. The number of para-hydroxylation sites is 1. The van der Waals surface area contributed by atoms with E-state index in [1.165, 1.54) is 18.3 Å². The second kappa shape index (κ2) is 10.9. The van der Waals surface area contributed by atoms with Gasteiger partial charge in [0.15, 0.2) is 0 Å². The molecule has 0 saturated heterocycles. The van der Waals surface area contributed by atoms with Crippen molar-refractivity contribution < 1.29 is 18.3 Å². The van der Waals surface area contributed by atoms with Crippen LogP contribution in [0.1, 0.15) is 38.3 Å². The van der Waals surface area contributed by atoms with E-state index in [1.807, 2.05) is 56.3 Å². The fourth-order valence-corrected chi connectivity index (χ4v) is 4.43. The van der Waals surface area contributed by atoms with Gasteiger partial charge in [0, 0.05) is 16.8 Å². The minimum absolute atomic E-state index is 0.0578. The van der Waals surface area contributed by atoms with Crippen LogP contribution in [0.3, 0.4) is 0 Å². The molecule has 0 aliphatic heterocycles. The molecule has 0 bridgehead atoms. The maximum atomic E-state index is 14.6. The Balaban J connectivity index is 1.47. The Labute approximate surface area is 218 Å². The second-order valence-corrected chi connectivity index (χ2v) is 9.16. The van der Waals surface area contributed by atoms with Gasteiger partial charge >= 0.3 is 5.97 Å². The molecule has 0 amide bonds. The number of ether oxygens (including phenoxy) is 1. The van der Waals surface area contributed by atoms with Gasteiger partial charge in [-0.1, -0.05) is 55.8 Å². The first kappa shape index (κ1) is 25.2. The minimum Gasteiger partial charge on any atom is -0.464 e. The number of benzene rings is 3. The van der Waals surface area contributed by atoms with Gasteiger partial charge < -0.3 is 14.5 Å². The number of unbranched alkanes of at least 4 members (excludes halogenated alkanes) is 1. The van der Waals surface area contributed by atoms with E-state index in [-0.39, 0.29) is 36.3 Å². The number of furan rings is 1. The summed E-state index contributed by atoms with van der Waals surface area (Å²) in [5.74, 6) is -1.07. The molecule has 5 rings (SSSR count). The van der Waals surface area contributed by atoms with Crippen LogP contribution in [-0.4, -0.2) is 22.1 Å². The van der Waals surface area contributed by atoms with Gasteiger partial charge in [0.25, 0.3) is 5.56 Å². The van der Waals surface area contributed by atoms with Crippen LogP contribution < -0.4 is 10.9 Å². The summed E-state index contributed by atoms with van der Waals surface area (Å²) in [5, 5.41) is 5.25. The third-order valence-electron chi connectivity index (χ3n) is 6.48. The average Bonchev–Trinajstić information content (AvgIpc) is 3.29. The maximum absolute atomic E-state index is 14.6. The van der Waals surface area contributed by atoms with Crippen molar-refractivity contribution in [2.45, 2.75) is 39.3 Å². The number of anilines is 1. The number of nitrogens with zero attached hydrogens (tertiary/aromatic N) is 2. The topological polar surface area (TPSA) is 86.4 Å². The zero-order valence-corrected chi connectivity index (χ0v) is 21.2. The Morgan fingerprint density at radius 2 is 1.84 bits per heavy atom. The van der Waals surface area contributed by atoms with Crippen LogP contribution in [0.4, 0.5) is 10.1 Å². The third-order valence-corrected chi connectivity index (χ3v) is 6.48. The molecule has 2 aromatic heterocycles. The van der Waals surface area contributed by atoms with Gasteiger partial charge in [-0.15, -0.1) is 0 Å². The third kappa shape index (κ3) is 5.02. The van der Waals surface area contributed by atoms with Crippen molar-refractivity contribution in [3.8, 4) is 11.4 Å². The monoisotopic (exact) mass is 513 g/mol. The first-order valence-electron chi connectivity index (χ1n) is 12.6. The minimum atomic E-state index is -0.583. The van der Waals surface area contributed by atoms with Crippen LogP contribution in [0, 0.1) is 5.82 Å². The molecule has 1 atom stereocenters. The van der Waals surface area contributed by atoms with Crippen LogP contribution in [0.2, 0.25) is 0 Å². The molecule has 0 fully saturated rings. The number of hydrogen-bond donors (Lipinski definition) is 1. The van der Waals surface area contributed by atoms with E-state index in [4.69, 9.17) is 9.15 Å². The Morgan fingerprint density at radius 3 is 2.66 bits per heavy atom. The molecule has 2 heterocycles. The van der Waals surface area contributed by atoms with Crippen LogP contribution >= 0.6 is 0 Å². The number of rotatable bonds is 9. The molecule has 5 aromatic rings. The summed E-state index contributed by atoms with van der Waals surface area (Å²) in [6.07, 6.45) is 2.96. The van der Waals surface area contributed by atoms with E-state index in [0.717, 1.165) is 38.5 Å². The van der Waals surface area contributed by atoms with E-state index >= 15 is 0 Å². The van der Waals surface area contributed by atoms with E-state index in [1.54, 1.807) is 12.1 Å². The van der Waals surface area contributed by atoms with Gasteiger partial charge in [-0.3, -0.25) is 14.2 Å². The lowest BCUT2D eigenvalue weighted by Crippen LogP contribution is -2.30. The highest BCUT2D eigenvalue weighted by Gasteiger charge is 2.19. The largest absolute Gasteiger partial charge is 0.464 e. The number of nitrogens with one attached hydrogen (secondary N) is 1. The number of aromatic nitrogens is 2. The summed E-state index contributed by atoms with van der Waals surface area (Å²) in [6.45, 7) is 3.78. The predicted octanol–water partition coefficient (Wildman–Crippen LogP) is 6.47. The molecule has 1 N–H and O–H groups in total. The van der Waals surface area contributed by atoms with Crippen LogP contribution in [0.25, 0.3) is 33.3 Å². The van der Waals surface area contributed by atoms with Crippen molar-refractivity contribution in [1.29, 1.82) is 0 Å². The summed E-state index contributed by atoms with van der Waals surface area (Å²) in [7, 11) is 0. The van der Waals surface area contributed by atoms with Gasteiger partial charge in [-0.25, -0.2) is 9.37 Å². The molecule has 194 valence electrons. The Hall–Kier alpha value is -4.46. The van der Waals surface area contributed by atoms with Crippen molar-refractivity contribution in [2.24, 2.45) is 0 Å². The van der Waals surface area contributed by atoms with Crippen molar-refractivity contribution in [3.63, 3.8) is 0 Å². The second-order valence-electron chi connectivity index (χ2n) is 9.16. The molecule has 0 aliphatic carbocycles. The molecule has 0 radical (unpaired) electrons. The fourth-order valence-electron chi connectivity index (χ4n) is 4.43. The number of hydrogen-bond acceptors (Lipinski definition) is 6. The van der Waals surface area contributed by atoms with Gasteiger partial charge in [0.2, 0.25) is 0 Å². The smallest absolute Gasteiger partial charge is 0.326 e. The first-order chi connectivity index (χ1) is 18.5. The highest BCUT2D eigenvalue weighted by molar-refractivity contribution is 6.04. The molecular formula is C30H28FN3O4. The van der Waals surface area contributed by atoms with Crippen molar-refractivity contribution in [2.75, 3.05) is 11.9 Å². The highest BCUT2D eigenvalue weighted by atomic mass is 19.1. The molecule has 0 saturated carbocycles. The van der Waals surface area contributed by atoms with Crippen molar-refractivity contribution in [1.82, 2.24) is 9.55 Å². The number of fused-ring (bicyclic) bond motifs is 3. The SMILES string of the molecule is CCCCOC(=O)Cn1c(-c2ccccc2F)ncc(N[C@H](C)c2ccc3c(c2)oc2ccccc23)c1=O. The van der Waals surface area contributed by atoms with Crippen LogP contribution in [0.5, 0.6) is 0 Å². The molecule has 3 aromatic carbocycles. The lowest BCUT2D eigenvalue weighted by atomic mass is 10.1. The lowest BCUT2D eigenvalue weighted by Gasteiger charge is -2.18. The summed E-state index contributed by atoms with van der Waals surface area (Å²) in [5.41, 5.74) is 2.27. The molecule has 7 nitrogen and oxygen atoms in total. The molecule has 38 heavy (non-hydrogen) atoms. The van der Waals surface area contributed by atoms with E-state index < -0.39 is 17.3 Å². The predicted molar refractivity (Wildman–Crippen MR) is 146 cm³/mol. The van der Waals surface area contributed by atoms with Crippen molar-refractivity contribution in [3.05, 3.63) is 94.7 Å². The van der Waals surface area contributed by atoms with Gasteiger partial charge in [0.05, 0.1) is 18.4 Å². The molecule has 8 heteroatoms. The van der Waals surface area contributed by atoms with E-state index in [0.29, 0.717) is 6.42 Å². The Bertz CT molecular complexity index is 1670. The number of carbonyl (C=O) groups excluding carboxylic acids is 1. The van der Waals surface area contributed by atoms with Gasteiger partial charge in [-0.05, 0) is 43.2 Å². The van der Waals surface area contributed by atoms with E-state index in [9.17, 15) is 14.0 Å². The quantitative estimate of drug-likeness (QED) is 0.180. The van der Waals surface area contributed by atoms with Gasteiger partial charge in [-0.2, -0.15) is 0 Å².